The average Bonchev–Trinajstić information content (AvgIpc) is 2.42. The monoisotopic (exact) mass is 245 g/mol. The second-order valence-corrected chi connectivity index (χ2v) is 3.72. The molecule has 0 unspecified atom stereocenters. The summed E-state index contributed by atoms with van der Waals surface area (Å²) in [6.45, 7) is 0.841. The summed E-state index contributed by atoms with van der Waals surface area (Å²) in [5, 5.41) is 6.91. The van der Waals surface area contributed by atoms with Crippen LogP contribution in [-0.2, 0) is 6.54 Å². The van der Waals surface area contributed by atoms with Gasteiger partial charge in [-0.2, -0.15) is 5.10 Å². The zero-order chi connectivity index (χ0) is 12.8. The van der Waals surface area contributed by atoms with E-state index in [1.54, 1.807) is 13.2 Å². The van der Waals surface area contributed by atoms with Gasteiger partial charge >= 0.3 is 0 Å². The van der Waals surface area contributed by atoms with Crippen molar-refractivity contribution in [3.05, 3.63) is 52.9 Å². The number of hydrogen-bond donors (Lipinski definition) is 1. The lowest BCUT2D eigenvalue weighted by molar-refractivity contribution is 0.288. The molecule has 1 aromatic carbocycles. The van der Waals surface area contributed by atoms with Crippen molar-refractivity contribution < 1.29 is 4.74 Å². The fraction of sp³-hybridized carbons (Fsp3) is 0.231. The number of nitrogens with zero attached hydrogens (tertiary/aromatic N) is 2. The minimum atomic E-state index is -0.140. The first-order valence-electron chi connectivity index (χ1n) is 5.72. The number of rotatable bonds is 5. The Bertz CT molecular complexity index is 552. The Morgan fingerprint density at radius 2 is 2.11 bits per heavy atom. The molecule has 0 atom stereocenters. The number of anilines is 1. The van der Waals surface area contributed by atoms with Crippen molar-refractivity contribution in [2.75, 3.05) is 19.0 Å². The van der Waals surface area contributed by atoms with Gasteiger partial charge < -0.3 is 10.1 Å². The third-order valence-corrected chi connectivity index (χ3v) is 2.47. The molecule has 0 bridgehead atoms. The lowest BCUT2D eigenvalue weighted by atomic mass is 10.3. The molecule has 0 aliphatic heterocycles. The van der Waals surface area contributed by atoms with Crippen molar-refractivity contribution >= 4 is 5.69 Å². The quantitative estimate of drug-likeness (QED) is 0.864. The third kappa shape index (κ3) is 3.10. The maximum atomic E-state index is 11.6. The van der Waals surface area contributed by atoms with E-state index in [4.69, 9.17) is 4.74 Å². The smallest absolute Gasteiger partial charge is 0.268 e. The van der Waals surface area contributed by atoms with Gasteiger partial charge in [0.1, 0.15) is 12.4 Å². The Hall–Kier alpha value is -2.30. The largest absolute Gasteiger partial charge is 0.492 e. The molecule has 1 N–H and O–H groups in total. The Balaban J connectivity index is 1.93. The van der Waals surface area contributed by atoms with Crippen LogP contribution in [0.5, 0.6) is 5.75 Å². The number of para-hydroxylation sites is 1. The van der Waals surface area contributed by atoms with Crippen molar-refractivity contribution in [3.63, 3.8) is 0 Å². The van der Waals surface area contributed by atoms with Crippen molar-refractivity contribution in [1.82, 2.24) is 9.78 Å². The molecule has 2 rings (SSSR count). The molecule has 0 aliphatic rings. The van der Waals surface area contributed by atoms with Gasteiger partial charge in [0.05, 0.1) is 18.4 Å². The van der Waals surface area contributed by atoms with Crippen molar-refractivity contribution in [2.24, 2.45) is 0 Å². The van der Waals surface area contributed by atoms with Crippen LogP contribution in [-0.4, -0.2) is 23.4 Å². The standard InChI is InChI=1S/C13H15N3O2/c1-14-11-9-13(17)16(15-10-11)7-8-18-12-5-3-2-4-6-12/h2-6,9-10,14H,7-8H2,1H3. The van der Waals surface area contributed by atoms with Gasteiger partial charge in [0.15, 0.2) is 0 Å². The van der Waals surface area contributed by atoms with E-state index in [1.807, 2.05) is 30.3 Å². The first-order chi connectivity index (χ1) is 8.79. The van der Waals surface area contributed by atoms with Crippen molar-refractivity contribution in [3.8, 4) is 5.75 Å². The van der Waals surface area contributed by atoms with E-state index in [2.05, 4.69) is 10.4 Å². The van der Waals surface area contributed by atoms with Crippen LogP contribution < -0.4 is 15.6 Å². The molecule has 0 saturated carbocycles. The molecular formula is C13H15N3O2. The van der Waals surface area contributed by atoms with E-state index in [-0.39, 0.29) is 5.56 Å². The summed E-state index contributed by atoms with van der Waals surface area (Å²) in [5.74, 6) is 0.789. The van der Waals surface area contributed by atoms with Gasteiger partial charge in [-0.1, -0.05) is 18.2 Å². The highest BCUT2D eigenvalue weighted by molar-refractivity contribution is 5.37. The number of benzene rings is 1. The topological polar surface area (TPSA) is 56.1 Å². The predicted molar refractivity (Wildman–Crippen MR) is 70.0 cm³/mol. The van der Waals surface area contributed by atoms with E-state index in [9.17, 15) is 4.79 Å². The number of hydrogen-bond acceptors (Lipinski definition) is 4. The average molecular weight is 245 g/mol. The summed E-state index contributed by atoms with van der Waals surface area (Å²) >= 11 is 0. The number of ether oxygens (including phenoxy) is 1. The third-order valence-electron chi connectivity index (χ3n) is 2.47. The Morgan fingerprint density at radius 3 is 2.78 bits per heavy atom. The molecule has 0 spiro atoms. The lowest BCUT2D eigenvalue weighted by Gasteiger charge is -2.07. The van der Waals surface area contributed by atoms with E-state index in [1.165, 1.54) is 10.7 Å². The zero-order valence-corrected chi connectivity index (χ0v) is 10.2. The van der Waals surface area contributed by atoms with Crippen LogP contribution in [0.1, 0.15) is 0 Å². The van der Waals surface area contributed by atoms with E-state index < -0.39 is 0 Å². The van der Waals surface area contributed by atoms with Gasteiger partial charge in [0, 0.05) is 13.1 Å². The molecule has 0 saturated heterocycles. The van der Waals surface area contributed by atoms with Crippen molar-refractivity contribution in [1.29, 1.82) is 0 Å². The van der Waals surface area contributed by atoms with Gasteiger partial charge in [-0.15, -0.1) is 0 Å². The van der Waals surface area contributed by atoms with Crippen molar-refractivity contribution in [2.45, 2.75) is 6.54 Å². The molecule has 1 heterocycles. The van der Waals surface area contributed by atoms with Gasteiger partial charge in [-0.05, 0) is 12.1 Å². The van der Waals surface area contributed by atoms with Crippen LogP contribution in [0.15, 0.2) is 47.4 Å². The summed E-state index contributed by atoms with van der Waals surface area (Å²) in [5.41, 5.74) is 0.568. The normalized spacial score (nSPS) is 10.1. The molecule has 18 heavy (non-hydrogen) atoms. The SMILES string of the molecule is CNc1cnn(CCOc2ccccc2)c(=O)c1. The zero-order valence-electron chi connectivity index (χ0n) is 10.2. The van der Waals surface area contributed by atoms with E-state index >= 15 is 0 Å². The van der Waals surface area contributed by atoms with Crippen LogP contribution in [0.3, 0.4) is 0 Å². The van der Waals surface area contributed by atoms with Crippen LogP contribution >= 0.6 is 0 Å². The first-order valence-corrected chi connectivity index (χ1v) is 5.72. The summed E-state index contributed by atoms with van der Waals surface area (Å²) < 4.78 is 6.88. The second-order valence-electron chi connectivity index (χ2n) is 3.72. The fourth-order valence-electron chi connectivity index (χ4n) is 1.50. The molecule has 1 aromatic heterocycles. The Morgan fingerprint density at radius 1 is 1.33 bits per heavy atom. The number of nitrogens with one attached hydrogen (secondary N) is 1. The summed E-state index contributed by atoms with van der Waals surface area (Å²) in [6, 6.07) is 11.0. The molecule has 0 amide bonds. The maximum absolute atomic E-state index is 11.6. The van der Waals surface area contributed by atoms with Gasteiger partial charge in [0.2, 0.25) is 0 Å². The highest BCUT2D eigenvalue weighted by Crippen LogP contribution is 2.07. The van der Waals surface area contributed by atoms with E-state index in [0.717, 1.165) is 5.75 Å². The molecule has 0 aliphatic carbocycles. The van der Waals surface area contributed by atoms with Crippen LogP contribution in [0.4, 0.5) is 5.69 Å². The van der Waals surface area contributed by atoms with Gasteiger partial charge in [-0.25, -0.2) is 4.68 Å². The highest BCUT2D eigenvalue weighted by atomic mass is 16.5. The fourth-order valence-corrected chi connectivity index (χ4v) is 1.50. The van der Waals surface area contributed by atoms with E-state index in [0.29, 0.717) is 18.8 Å². The summed E-state index contributed by atoms with van der Waals surface area (Å²) in [7, 11) is 1.75. The lowest BCUT2D eigenvalue weighted by Crippen LogP contribution is -2.25. The predicted octanol–water partition coefficient (Wildman–Crippen LogP) is 1.36. The Labute approximate surface area is 105 Å². The number of aromatic nitrogens is 2. The minimum Gasteiger partial charge on any atom is -0.492 e. The molecule has 5 nitrogen and oxygen atoms in total. The summed E-state index contributed by atoms with van der Waals surface area (Å²) in [6.07, 6.45) is 1.61. The summed E-state index contributed by atoms with van der Waals surface area (Å²) in [4.78, 5) is 11.6. The van der Waals surface area contributed by atoms with Gasteiger partial charge in [0.25, 0.3) is 5.56 Å². The molecule has 94 valence electrons. The van der Waals surface area contributed by atoms with Gasteiger partial charge in [-0.3, -0.25) is 4.79 Å². The molecule has 0 fully saturated rings. The van der Waals surface area contributed by atoms with Crippen LogP contribution in [0.25, 0.3) is 0 Å². The molecule has 2 aromatic rings. The van der Waals surface area contributed by atoms with Crippen LogP contribution in [0, 0.1) is 0 Å². The second kappa shape index (κ2) is 5.86. The Kier molecular flexibility index (Phi) is 3.96. The molecule has 0 radical (unpaired) electrons. The highest BCUT2D eigenvalue weighted by Gasteiger charge is 1.99. The molecular weight excluding hydrogens is 230 g/mol. The van der Waals surface area contributed by atoms with Crippen LogP contribution in [0.2, 0.25) is 0 Å². The molecule has 5 heteroatoms. The minimum absolute atomic E-state index is 0.140. The first kappa shape index (κ1) is 12.2. The maximum Gasteiger partial charge on any atom is 0.268 e.